The Labute approximate surface area is 455 Å². The highest BCUT2D eigenvalue weighted by Gasteiger charge is 2.19. The van der Waals surface area contributed by atoms with E-state index >= 15 is 0 Å². The van der Waals surface area contributed by atoms with Crippen molar-refractivity contribution in [1.29, 1.82) is 0 Å². The summed E-state index contributed by atoms with van der Waals surface area (Å²) in [6.07, 6.45) is 85.9. The standard InChI is InChI=1S/C68H110O6/c1-4-7-10-13-16-19-22-25-28-30-32-33-34-35-36-38-40-43-46-49-52-55-58-61-67(70)73-64-65(63-72-66(69)60-57-54-51-48-45-42-39-27-24-21-18-15-12-9-6-3)74-68(71)62-59-56-53-50-47-44-41-37-31-29-26-23-20-17-14-11-8-5-2/h7,9-10,12,16,18-19,21,25,27-29,31-33,35-36,39-40,43,49,52,65H,4-6,8,11,13-15,17,20,22-24,26,30,34,37-38,41-42,44-48,50-51,53-64H2,1-3H3/b10-7-,12-9-,19-16-,21-18-,28-25-,31-29-,33-32-,36-35-,39-27-,43-40-,52-49-. The third-order valence-electron chi connectivity index (χ3n) is 12.4. The molecule has 0 amide bonds. The minimum atomic E-state index is -0.817. The number of ether oxygens (including phenoxy) is 3. The van der Waals surface area contributed by atoms with Crippen molar-refractivity contribution < 1.29 is 28.6 Å². The van der Waals surface area contributed by atoms with Gasteiger partial charge in [0.1, 0.15) is 13.2 Å². The van der Waals surface area contributed by atoms with E-state index in [9.17, 15) is 14.4 Å². The molecule has 0 aromatic carbocycles. The van der Waals surface area contributed by atoms with E-state index in [1.54, 1.807) is 0 Å². The van der Waals surface area contributed by atoms with Crippen molar-refractivity contribution in [1.82, 2.24) is 0 Å². The van der Waals surface area contributed by atoms with Gasteiger partial charge in [-0.3, -0.25) is 14.4 Å². The highest BCUT2D eigenvalue weighted by atomic mass is 16.6. The van der Waals surface area contributed by atoms with Crippen LogP contribution in [0.15, 0.2) is 134 Å². The molecule has 418 valence electrons. The molecular weight excluding hydrogens is 913 g/mol. The lowest BCUT2D eigenvalue weighted by atomic mass is 10.1. The molecule has 0 aliphatic rings. The average molecular weight is 1020 g/mol. The van der Waals surface area contributed by atoms with Crippen molar-refractivity contribution in [3.8, 4) is 0 Å². The quantitative estimate of drug-likeness (QED) is 0.0261. The smallest absolute Gasteiger partial charge is 0.306 e. The van der Waals surface area contributed by atoms with Gasteiger partial charge in [-0.2, -0.15) is 0 Å². The van der Waals surface area contributed by atoms with E-state index in [1.165, 1.54) is 83.5 Å². The van der Waals surface area contributed by atoms with E-state index in [-0.39, 0.29) is 37.5 Å². The van der Waals surface area contributed by atoms with Crippen molar-refractivity contribution in [2.45, 2.75) is 264 Å². The van der Waals surface area contributed by atoms with Crippen LogP contribution in [0.1, 0.15) is 258 Å². The van der Waals surface area contributed by atoms with Crippen molar-refractivity contribution in [3.05, 3.63) is 134 Å². The topological polar surface area (TPSA) is 78.9 Å². The summed E-state index contributed by atoms with van der Waals surface area (Å²) in [5.74, 6) is -0.993. The predicted molar refractivity (Wildman–Crippen MR) is 320 cm³/mol. The van der Waals surface area contributed by atoms with Crippen LogP contribution in [0.2, 0.25) is 0 Å². The van der Waals surface area contributed by atoms with Gasteiger partial charge < -0.3 is 14.2 Å². The Morgan fingerprint density at radius 2 is 0.541 bits per heavy atom. The highest BCUT2D eigenvalue weighted by molar-refractivity contribution is 5.71. The molecule has 0 saturated carbocycles. The molecule has 0 aliphatic carbocycles. The van der Waals surface area contributed by atoms with Crippen molar-refractivity contribution >= 4 is 17.9 Å². The largest absolute Gasteiger partial charge is 0.462 e. The Bertz CT molecular complexity index is 1600. The second-order valence-corrected chi connectivity index (χ2v) is 19.5. The van der Waals surface area contributed by atoms with Crippen LogP contribution in [0.25, 0.3) is 0 Å². The van der Waals surface area contributed by atoms with E-state index in [0.29, 0.717) is 19.3 Å². The number of carbonyl (C=O) groups excluding carboxylic acids is 3. The van der Waals surface area contributed by atoms with Gasteiger partial charge in [-0.15, -0.1) is 0 Å². The van der Waals surface area contributed by atoms with Gasteiger partial charge in [-0.1, -0.05) is 244 Å². The zero-order chi connectivity index (χ0) is 53.6. The summed E-state index contributed by atoms with van der Waals surface area (Å²) in [5, 5.41) is 0. The molecular formula is C68H110O6. The summed E-state index contributed by atoms with van der Waals surface area (Å²) >= 11 is 0. The third kappa shape index (κ3) is 58.4. The predicted octanol–water partition coefficient (Wildman–Crippen LogP) is 20.6. The lowest BCUT2D eigenvalue weighted by molar-refractivity contribution is -0.167. The van der Waals surface area contributed by atoms with Crippen LogP contribution in [0.3, 0.4) is 0 Å². The van der Waals surface area contributed by atoms with E-state index in [4.69, 9.17) is 14.2 Å². The van der Waals surface area contributed by atoms with E-state index in [0.717, 1.165) is 128 Å². The number of carbonyl (C=O) groups is 3. The molecule has 0 fully saturated rings. The number of hydrogen-bond acceptors (Lipinski definition) is 6. The fourth-order valence-corrected chi connectivity index (χ4v) is 7.91. The summed E-state index contributed by atoms with van der Waals surface area (Å²) < 4.78 is 16.8. The second kappa shape index (κ2) is 61.1. The van der Waals surface area contributed by atoms with Crippen LogP contribution in [0.4, 0.5) is 0 Å². The number of esters is 3. The second-order valence-electron chi connectivity index (χ2n) is 19.5. The molecule has 0 spiro atoms. The van der Waals surface area contributed by atoms with Crippen molar-refractivity contribution in [2.24, 2.45) is 0 Å². The minimum Gasteiger partial charge on any atom is -0.462 e. The summed E-state index contributed by atoms with van der Waals surface area (Å²) in [7, 11) is 0. The zero-order valence-electron chi connectivity index (χ0n) is 47.8. The molecule has 0 aromatic rings. The van der Waals surface area contributed by atoms with Gasteiger partial charge >= 0.3 is 17.9 Å². The number of hydrogen-bond donors (Lipinski definition) is 0. The maximum absolute atomic E-state index is 12.9. The summed E-state index contributed by atoms with van der Waals surface area (Å²) in [6.45, 7) is 6.35. The van der Waals surface area contributed by atoms with Crippen molar-refractivity contribution in [2.75, 3.05) is 13.2 Å². The SMILES string of the molecule is CC/C=C\C/C=C\C/C=C\C/C=C\C/C=C\C/C=C\C/C=C\CCCC(=O)OCC(COC(=O)CCCCCCC/C=C\C/C=C\C/C=C\CC)OC(=O)CCCCCCCCC/C=C\CCCCCCCCC. The molecule has 0 aromatic heterocycles. The first kappa shape index (κ1) is 69.5. The van der Waals surface area contributed by atoms with E-state index in [2.05, 4.69) is 154 Å². The van der Waals surface area contributed by atoms with Crippen molar-refractivity contribution in [3.63, 3.8) is 0 Å². The molecule has 6 heteroatoms. The molecule has 0 aliphatic heterocycles. The highest BCUT2D eigenvalue weighted by Crippen LogP contribution is 2.14. The fourth-order valence-electron chi connectivity index (χ4n) is 7.91. The Morgan fingerprint density at radius 3 is 0.892 bits per heavy atom. The van der Waals surface area contributed by atoms with Gasteiger partial charge in [0.2, 0.25) is 0 Å². The monoisotopic (exact) mass is 1020 g/mol. The lowest BCUT2D eigenvalue weighted by Gasteiger charge is -2.18. The number of allylic oxidation sites excluding steroid dienone is 22. The van der Waals surface area contributed by atoms with Gasteiger partial charge in [0.15, 0.2) is 6.10 Å². The summed E-state index contributed by atoms with van der Waals surface area (Å²) in [6, 6.07) is 0. The van der Waals surface area contributed by atoms with Crippen LogP contribution < -0.4 is 0 Å². The molecule has 0 bridgehead atoms. The van der Waals surface area contributed by atoms with Crippen LogP contribution in [-0.4, -0.2) is 37.2 Å². The Balaban J connectivity index is 4.52. The first-order chi connectivity index (χ1) is 36.5. The van der Waals surface area contributed by atoms with E-state index < -0.39 is 6.10 Å². The minimum absolute atomic E-state index is 0.111. The van der Waals surface area contributed by atoms with Gasteiger partial charge in [0, 0.05) is 19.3 Å². The van der Waals surface area contributed by atoms with Gasteiger partial charge in [0.25, 0.3) is 0 Å². The molecule has 1 unspecified atom stereocenters. The summed E-state index contributed by atoms with van der Waals surface area (Å²) in [4.78, 5) is 38.2. The molecule has 0 radical (unpaired) electrons. The van der Waals surface area contributed by atoms with Crippen LogP contribution in [0.5, 0.6) is 0 Å². The lowest BCUT2D eigenvalue weighted by Crippen LogP contribution is -2.30. The molecule has 74 heavy (non-hydrogen) atoms. The zero-order valence-corrected chi connectivity index (χ0v) is 47.8. The van der Waals surface area contributed by atoms with Gasteiger partial charge in [0.05, 0.1) is 0 Å². The molecule has 1 atom stereocenters. The summed E-state index contributed by atoms with van der Waals surface area (Å²) in [5.41, 5.74) is 0. The van der Waals surface area contributed by atoms with Crippen LogP contribution in [-0.2, 0) is 28.6 Å². The van der Waals surface area contributed by atoms with E-state index in [1.807, 2.05) is 0 Å². The Kier molecular flexibility index (Phi) is 57.4. The first-order valence-corrected chi connectivity index (χ1v) is 30.2. The molecule has 0 saturated heterocycles. The molecule has 6 nitrogen and oxygen atoms in total. The number of rotatable bonds is 53. The molecule has 0 rings (SSSR count). The Morgan fingerprint density at radius 1 is 0.284 bits per heavy atom. The average Bonchev–Trinajstić information content (AvgIpc) is 3.40. The molecule has 0 N–H and O–H groups in total. The maximum atomic E-state index is 12.9. The van der Waals surface area contributed by atoms with Crippen LogP contribution >= 0.6 is 0 Å². The number of unbranched alkanes of at least 4 members (excludes halogenated alkanes) is 20. The molecule has 0 heterocycles. The van der Waals surface area contributed by atoms with Crippen LogP contribution in [0, 0.1) is 0 Å². The third-order valence-corrected chi connectivity index (χ3v) is 12.4. The maximum Gasteiger partial charge on any atom is 0.306 e. The van der Waals surface area contributed by atoms with Gasteiger partial charge in [-0.25, -0.2) is 0 Å². The first-order valence-electron chi connectivity index (χ1n) is 30.2. The van der Waals surface area contributed by atoms with Gasteiger partial charge in [-0.05, 0) is 128 Å². The fraction of sp³-hybridized carbons (Fsp3) is 0.632. The normalized spacial score (nSPS) is 13.1. The Hall–Kier alpha value is -4.45.